The van der Waals surface area contributed by atoms with E-state index in [1.165, 1.54) is 0 Å². The van der Waals surface area contributed by atoms with E-state index in [1.54, 1.807) is 43.3 Å². The van der Waals surface area contributed by atoms with Crippen LogP contribution in [0.1, 0.15) is 33.2 Å². The molecule has 0 aromatic heterocycles. The van der Waals surface area contributed by atoms with E-state index in [4.69, 9.17) is 5.11 Å². The molecular weight excluding hydrogens is 292 g/mol. The molecule has 0 bridgehead atoms. The first kappa shape index (κ1) is 16.7. The number of aryl methyl sites for hydroxylation is 1. The second kappa shape index (κ2) is 7.56. The molecule has 0 radical (unpaired) electrons. The summed E-state index contributed by atoms with van der Waals surface area (Å²) in [5.41, 5.74) is 2.31. The Kier molecular flexibility index (Phi) is 5.49. The zero-order valence-electron chi connectivity index (χ0n) is 13.2. The van der Waals surface area contributed by atoms with Crippen molar-refractivity contribution in [1.29, 1.82) is 0 Å². The van der Waals surface area contributed by atoms with Crippen molar-refractivity contribution in [2.75, 3.05) is 11.9 Å². The van der Waals surface area contributed by atoms with Gasteiger partial charge < -0.3 is 15.7 Å². The van der Waals surface area contributed by atoms with Gasteiger partial charge in [0.1, 0.15) is 0 Å². The first-order valence-electron chi connectivity index (χ1n) is 7.40. The van der Waals surface area contributed by atoms with Crippen molar-refractivity contribution in [2.45, 2.75) is 19.9 Å². The number of aliphatic hydroxyl groups excluding tert-OH is 1. The normalized spacial score (nSPS) is 11.6. The minimum Gasteiger partial charge on any atom is -0.394 e. The number of benzene rings is 2. The average molecular weight is 312 g/mol. The number of rotatable bonds is 5. The number of hydrogen-bond acceptors (Lipinski definition) is 3. The van der Waals surface area contributed by atoms with Crippen molar-refractivity contribution >= 4 is 17.5 Å². The predicted octanol–water partition coefficient (Wildman–Crippen LogP) is 2.36. The molecule has 2 rings (SSSR count). The fourth-order valence-corrected chi connectivity index (χ4v) is 2.12. The number of hydrogen-bond donors (Lipinski definition) is 3. The number of carbonyl (C=O) groups excluding carboxylic acids is 2. The SMILES string of the molecule is Cc1cccc(C(=O)Nc2ccccc2C(=O)NC(C)CO)c1. The first-order valence-corrected chi connectivity index (χ1v) is 7.40. The topological polar surface area (TPSA) is 78.4 Å². The second-order valence-corrected chi connectivity index (χ2v) is 5.43. The number of amides is 2. The van der Waals surface area contributed by atoms with Gasteiger partial charge in [-0.1, -0.05) is 29.8 Å². The van der Waals surface area contributed by atoms with Crippen LogP contribution in [0, 0.1) is 6.92 Å². The molecule has 0 fully saturated rings. The molecule has 0 heterocycles. The number of nitrogens with one attached hydrogen (secondary N) is 2. The highest BCUT2D eigenvalue weighted by atomic mass is 16.3. The van der Waals surface area contributed by atoms with Crippen molar-refractivity contribution in [3.8, 4) is 0 Å². The third-order valence-electron chi connectivity index (χ3n) is 3.35. The average Bonchev–Trinajstić information content (AvgIpc) is 2.55. The van der Waals surface area contributed by atoms with Gasteiger partial charge in [0.2, 0.25) is 0 Å². The molecule has 2 aromatic rings. The summed E-state index contributed by atoms with van der Waals surface area (Å²) in [6.45, 7) is 3.46. The smallest absolute Gasteiger partial charge is 0.255 e. The summed E-state index contributed by atoms with van der Waals surface area (Å²) in [5, 5.41) is 14.5. The highest BCUT2D eigenvalue weighted by Gasteiger charge is 2.15. The van der Waals surface area contributed by atoms with Gasteiger partial charge >= 0.3 is 0 Å². The summed E-state index contributed by atoms with van der Waals surface area (Å²) in [6.07, 6.45) is 0. The molecule has 5 nitrogen and oxygen atoms in total. The zero-order valence-corrected chi connectivity index (χ0v) is 13.2. The van der Waals surface area contributed by atoms with Gasteiger partial charge in [-0.05, 0) is 38.1 Å². The lowest BCUT2D eigenvalue weighted by atomic mass is 10.1. The lowest BCUT2D eigenvalue weighted by Crippen LogP contribution is -2.35. The highest BCUT2D eigenvalue weighted by Crippen LogP contribution is 2.17. The van der Waals surface area contributed by atoms with Crippen molar-refractivity contribution < 1.29 is 14.7 Å². The summed E-state index contributed by atoms with van der Waals surface area (Å²) >= 11 is 0. The van der Waals surface area contributed by atoms with E-state index < -0.39 is 0 Å². The molecule has 3 N–H and O–H groups in total. The standard InChI is InChI=1S/C18H20N2O3/c1-12-6-5-7-14(10-12)17(22)20-16-9-4-3-8-15(16)18(23)19-13(2)11-21/h3-10,13,21H,11H2,1-2H3,(H,19,23)(H,20,22). The third-order valence-corrected chi connectivity index (χ3v) is 3.35. The molecular formula is C18H20N2O3. The summed E-state index contributed by atoms with van der Waals surface area (Å²) in [6, 6.07) is 13.6. The number of para-hydroxylation sites is 1. The largest absolute Gasteiger partial charge is 0.394 e. The molecule has 0 saturated heterocycles. The molecule has 1 unspecified atom stereocenters. The molecule has 1 atom stereocenters. The summed E-state index contributed by atoms with van der Waals surface area (Å²) in [4.78, 5) is 24.6. The van der Waals surface area contributed by atoms with Crippen LogP contribution in [-0.4, -0.2) is 29.6 Å². The van der Waals surface area contributed by atoms with Crippen molar-refractivity contribution in [3.63, 3.8) is 0 Å². The van der Waals surface area contributed by atoms with Crippen LogP contribution >= 0.6 is 0 Å². The van der Waals surface area contributed by atoms with Crippen LogP contribution in [0.2, 0.25) is 0 Å². The first-order chi connectivity index (χ1) is 11.0. The van der Waals surface area contributed by atoms with Crippen molar-refractivity contribution in [3.05, 3.63) is 65.2 Å². The Labute approximate surface area is 135 Å². The van der Waals surface area contributed by atoms with E-state index in [0.29, 0.717) is 16.8 Å². The van der Waals surface area contributed by atoms with Crippen LogP contribution < -0.4 is 10.6 Å². The Balaban J connectivity index is 2.20. The minimum atomic E-state index is -0.358. The van der Waals surface area contributed by atoms with Crippen LogP contribution in [0.3, 0.4) is 0 Å². The van der Waals surface area contributed by atoms with Crippen LogP contribution in [0.25, 0.3) is 0 Å². The maximum absolute atomic E-state index is 12.3. The van der Waals surface area contributed by atoms with Gasteiger partial charge in [-0.2, -0.15) is 0 Å². The van der Waals surface area contributed by atoms with Gasteiger partial charge in [0.25, 0.3) is 11.8 Å². The maximum Gasteiger partial charge on any atom is 0.255 e. The van der Waals surface area contributed by atoms with Crippen LogP contribution in [0.5, 0.6) is 0 Å². The van der Waals surface area contributed by atoms with Crippen LogP contribution in [-0.2, 0) is 0 Å². The van der Waals surface area contributed by atoms with Crippen LogP contribution in [0.15, 0.2) is 48.5 Å². The Morgan fingerprint density at radius 1 is 1.09 bits per heavy atom. The fraction of sp³-hybridized carbons (Fsp3) is 0.222. The van der Waals surface area contributed by atoms with Gasteiger partial charge in [0.15, 0.2) is 0 Å². The summed E-state index contributed by atoms with van der Waals surface area (Å²) in [5.74, 6) is -0.615. The summed E-state index contributed by atoms with van der Waals surface area (Å²) in [7, 11) is 0. The van der Waals surface area contributed by atoms with Crippen molar-refractivity contribution in [2.24, 2.45) is 0 Å². The molecule has 2 aromatic carbocycles. The zero-order chi connectivity index (χ0) is 16.8. The Hall–Kier alpha value is -2.66. The van der Waals surface area contributed by atoms with E-state index in [9.17, 15) is 9.59 Å². The Morgan fingerprint density at radius 3 is 2.52 bits per heavy atom. The third kappa shape index (κ3) is 4.40. The molecule has 0 aliphatic rings. The highest BCUT2D eigenvalue weighted by molar-refractivity contribution is 6.09. The van der Waals surface area contributed by atoms with Gasteiger partial charge in [-0.3, -0.25) is 9.59 Å². The van der Waals surface area contributed by atoms with Gasteiger partial charge in [-0.25, -0.2) is 0 Å². The molecule has 23 heavy (non-hydrogen) atoms. The lowest BCUT2D eigenvalue weighted by Gasteiger charge is -2.14. The molecule has 5 heteroatoms. The number of carbonyl (C=O) groups is 2. The van der Waals surface area contributed by atoms with E-state index in [1.807, 2.05) is 19.1 Å². The molecule has 2 amide bonds. The molecule has 0 aliphatic heterocycles. The Bertz CT molecular complexity index is 713. The van der Waals surface area contributed by atoms with Crippen molar-refractivity contribution in [1.82, 2.24) is 5.32 Å². The van der Waals surface area contributed by atoms with Gasteiger partial charge in [-0.15, -0.1) is 0 Å². The maximum atomic E-state index is 12.3. The predicted molar refractivity (Wildman–Crippen MR) is 89.6 cm³/mol. The second-order valence-electron chi connectivity index (χ2n) is 5.43. The molecule has 0 aliphatic carbocycles. The number of aliphatic hydroxyl groups is 1. The lowest BCUT2D eigenvalue weighted by molar-refractivity contribution is 0.0923. The van der Waals surface area contributed by atoms with Gasteiger partial charge in [0.05, 0.1) is 17.9 Å². The quantitative estimate of drug-likeness (QED) is 0.793. The summed E-state index contributed by atoms with van der Waals surface area (Å²) < 4.78 is 0. The van der Waals surface area contributed by atoms with Crippen LogP contribution in [0.4, 0.5) is 5.69 Å². The molecule has 0 saturated carbocycles. The molecule has 0 spiro atoms. The number of anilines is 1. The minimum absolute atomic E-state index is 0.149. The fourth-order valence-electron chi connectivity index (χ4n) is 2.12. The van der Waals surface area contributed by atoms with E-state index >= 15 is 0 Å². The van der Waals surface area contributed by atoms with E-state index in [-0.39, 0.29) is 24.5 Å². The molecule has 120 valence electrons. The van der Waals surface area contributed by atoms with E-state index in [0.717, 1.165) is 5.56 Å². The van der Waals surface area contributed by atoms with E-state index in [2.05, 4.69) is 10.6 Å². The van der Waals surface area contributed by atoms with Gasteiger partial charge in [0, 0.05) is 11.6 Å². The monoisotopic (exact) mass is 312 g/mol. The Morgan fingerprint density at radius 2 is 1.83 bits per heavy atom.